The van der Waals surface area contributed by atoms with Crippen molar-refractivity contribution in [2.45, 2.75) is 121 Å². The van der Waals surface area contributed by atoms with Gasteiger partial charge in [-0.05, 0) is 6.42 Å². The Morgan fingerprint density at radius 3 is 1.90 bits per heavy atom. The first-order valence-corrected chi connectivity index (χ1v) is 11.5. The van der Waals surface area contributed by atoms with Gasteiger partial charge in [-0.3, -0.25) is 4.79 Å². The van der Waals surface area contributed by atoms with E-state index in [2.05, 4.69) is 6.92 Å². The number of aliphatic hydroxyl groups excluding tert-OH is 3. The average Bonchev–Trinajstić information content (AvgIpc) is 2.71. The van der Waals surface area contributed by atoms with Crippen LogP contribution in [0, 0.1) is 0 Å². The first kappa shape index (κ1) is 26.3. The van der Waals surface area contributed by atoms with Crippen LogP contribution >= 0.6 is 0 Å². The predicted molar refractivity (Wildman–Crippen MR) is 110 cm³/mol. The fraction of sp³-hybridized carbons (Fsp3) is 0.955. The van der Waals surface area contributed by atoms with Gasteiger partial charge in [0.2, 0.25) is 5.79 Å². The Kier molecular flexibility index (Phi) is 13.7. The minimum absolute atomic E-state index is 0.245. The van der Waals surface area contributed by atoms with Gasteiger partial charge in [0.25, 0.3) is 0 Å². The fourth-order valence-corrected chi connectivity index (χ4v) is 3.56. The number of hydrogen-bond acceptors (Lipinski definition) is 7. The molecule has 0 spiro atoms. The van der Waals surface area contributed by atoms with Crippen LogP contribution < -0.4 is 0 Å². The molecule has 0 saturated carbocycles. The monoisotopic (exact) mass is 418 g/mol. The van der Waals surface area contributed by atoms with E-state index in [9.17, 15) is 25.2 Å². The van der Waals surface area contributed by atoms with Gasteiger partial charge < -0.3 is 29.9 Å². The summed E-state index contributed by atoms with van der Waals surface area (Å²) >= 11 is 0. The van der Waals surface area contributed by atoms with Crippen molar-refractivity contribution in [2.75, 3.05) is 13.2 Å². The van der Waals surface area contributed by atoms with Crippen molar-refractivity contribution in [3.05, 3.63) is 0 Å². The topological polar surface area (TPSA) is 116 Å². The normalized spacial score (nSPS) is 27.1. The summed E-state index contributed by atoms with van der Waals surface area (Å²) in [5, 5.41) is 38.9. The lowest BCUT2D eigenvalue weighted by Crippen LogP contribution is -2.63. The molecular formula is C22H42O7. The van der Waals surface area contributed by atoms with Crippen molar-refractivity contribution in [1.82, 2.24) is 0 Å². The molecule has 0 amide bonds. The second kappa shape index (κ2) is 15.1. The summed E-state index contributed by atoms with van der Waals surface area (Å²) in [5.74, 6) is -2.66. The Labute approximate surface area is 175 Å². The highest BCUT2D eigenvalue weighted by atomic mass is 16.7. The zero-order valence-electron chi connectivity index (χ0n) is 18.1. The van der Waals surface area contributed by atoms with E-state index >= 15 is 0 Å². The number of rotatable bonds is 16. The number of esters is 1. The van der Waals surface area contributed by atoms with Gasteiger partial charge in [0.15, 0.2) is 0 Å². The largest absolute Gasteiger partial charge is 0.460 e. The van der Waals surface area contributed by atoms with Crippen LogP contribution in [0.1, 0.15) is 96.8 Å². The molecule has 0 aromatic rings. The Hall–Kier alpha value is -0.730. The van der Waals surface area contributed by atoms with E-state index in [0.717, 1.165) is 19.3 Å². The number of aliphatic hydroxyl groups is 4. The zero-order chi connectivity index (χ0) is 21.5. The Balaban J connectivity index is 1.95. The van der Waals surface area contributed by atoms with Crippen molar-refractivity contribution in [2.24, 2.45) is 0 Å². The summed E-state index contributed by atoms with van der Waals surface area (Å²) in [5.41, 5.74) is 0. The van der Waals surface area contributed by atoms with E-state index < -0.39 is 36.7 Å². The molecule has 0 bridgehead atoms. The third-order valence-electron chi connectivity index (χ3n) is 5.61. The molecule has 1 aliphatic rings. The van der Waals surface area contributed by atoms with Crippen molar-refractivity contribution in [1.29, 1.82) is 0 Å². The fourth-order valence-electron chi connectivity index (χ4n) is 3.56. The molecule has 0 aromatic heterocycles. The Morgan fingerprint density at radius 1 is 0.897 bits per heavy atom. The van der Waals surface area contributed by atoms with Crippen LogP contribution in [0.3, 0.4) is 0 Å². The van der Waals surface area contributed by atoms with E-state index in [1.807, 2.05) is 0 Å². The molecule has 7 heteroatoms. The van der Waals surface area contributed by atoms with Crippen molar-refractivity contribution in [3.63, 3.8) is 0 Å². The molecule has 0 aromatic carbocycles. The summed E-state index contributed by atoms with van der Waals surface area (Å²) in [4.78, 5) is 11.8. The molecule has 7 nitrogen and oxygen atoms in total. The first-order valence-electron chi connectivity index (χ1n) is 11.5. The molecule has 1 heterocycles. The number of carbonyl (C=O) groups is 1. The van der Waals surface area contributed by atoms with Crippen LogP contribution in [0.15, 0.2) is 0 Å². The van der Waals surface area contributed by atoms with Crippen LogP contribution in [0.2, 0.25) is 0 Å². The molecule has 1 saturated heterocycles. The molecule has 1 rings (SSSR count). The van der Waals surface area contributed by atoms with E-state index in [1.165, 1.54) is 64.2 Å². The van der Waals surface area contributed by atoms with E-state index in [1.54, 1.807) is 0 Å². The molecule has 0 unspecified atom stereocenters. The molecule has 1 aliphatic heterocycles. The lowest BCUT2D eigenvalue weighted by Gasteiger charge is -2.40. The lowest BCUT2D eigenvalue weighted by molar-refractivity contribution is -0.332. The van der Waals surface area contributed by atoms with Gasteiger partial charge in [0, 0.05) is 6.42 Å². The van der Waals surface area contributed by atoms with Gasteiger partial charge >= 0.3 is 5.97 Å². The molecular weight excluding hydrogens is 376 g/mol. The SMILES string of the molecule is CCCCCCCCCCCCCCCC(=O)OC[C@]1(O)OC[C@@H](O)[C@@H](O)[C@@H]1O. The smallest absolute Gasteiger partial charge is 0.305 e. The number of carbonyl (C=O) groups excluding carboxylic acids is 1. The Bertz CT molecular complexity index is 431. The first-order chi connectivity index (χ1) is 13.9. The molecule has 4 atom stereocenters. The highest BCUT2D eigenvalue weighted by Crippen LogP contribution is 2.24. The van der Waals surface area contributed by atoms with Gasteiger partial charge in [0.1, 0.15) is 24.9 Å². The predicted octanol–water partition coefficient (Wildman–Crippen LogP) is 2.81. The number of ether oxygens (including phenoxy) is 2. The second-order valence-electron chi connectivity index (χ2n) is 8.31. The van der Waals surface area contributed by atoms with Gasteiger partial charge in [-0.25, -0.2) is 0 Å². The minimum Gasteiger partial charge on any atom is -0.460 e. The molecule has 1 fully saturated rings. The Morgan fingerprint density at radius 2 is 1.38 bits per heavy atom. The minimum atomic E-state index is -2.19. The highest BCUT2D eigenvalue weighted by Gasteiger charge is 2.49. The van der Waals surface area contributed by atoms with Crippen LogP contribution in [0.5, 0.6) is 0 Å². The third-order valence-corrected chi connectivity index (χ3v) is 5.61. The van der Waals surface area contributed by atoms with Crippen LogP contribution in [0.4, 0.5) is 0 Å². The van der Waals surface area contributed by atoms with E-state index in [0.29, 0.717) is 0 Å². The summed E-state index contributed by atoms with van der Waals surface area (Å²) in [6.07, 6.45) is 11.6. The highest BCUT2D eigenvalue weighted by molar-refractivity contribution is 5.69. The maximum absolute atomic E-state index is 11.8. The van der Waals surface area contributed by atoms with Crippen LogP contribution in [-0.4, -0.2) is 63.7 Å². The molecule has 0 radical (unpaired) electrons. The maximum atomic E-state index is 11.8. The third kappa shape index (κ3) is 10.7. The van der Waals surface area contributed by atoms with Gasteiger partial charge in [-0.1, -0.05) is 84.0 Å². The molecule has 172 valence electrons. The lowest BCUT2D eigenvalue weighted by atomic mass is 9.97. The van der Waals surface area contributed by atoms with Gasteiger partial charge in [-0.2, -0.15) is 0 Å². The van der Waals surface area contributed by atoms with Crippen LogP contribution in [0.25, 0.3) is 0 Å². The molecule has 0 aliphatic carbocycles. The number of hydrogen-bond donors (Lipinski definition) is 4. The summed E-state index contributed by atoms with van der Waals surface area (Å²) < 4.78 is 9.93. The van der Waals surface area contributed by atoms with Crippen molar-refractivity contribution >= 4 is 5.97 Å². The zero-order valence-corrected chi connectivity index (χ0v) is 18.1. The van der Waals surface area contributed by atoms with Crippen molar-refractivity contribution < 1.29 is 34.7 Å². The van der Waals surface area contributed by atoms with E-state index in [-0.39, 0.29) is 13.0 Å². The van der Waals surface area contributed by atoms with E-state index in [4.69, 9.17) is 9.47 Å². The van der Waals surface area contributed by atoms with Gasteiger partial charge in [0.05, 0.1) is 6.61 Å². The quantitative estimate of drug-likeness (QED) is 0.225. The summed E-state index contributed by atoms with van der Waals surface area (Å²) in [6, 6.07) is 0. The maximum Gasteiger partial charge on any atom is 0.305 e. The molecule has 4 N–H and O–H groups in total. The molecule has 29 heavy (non-hydrogen) atoms. The van der Waals surface area contributed by atoms with Gasteiger partial charge in [-0.15, -0.1) is 0 Å². The second-order valence-corrected chi connectivity index (χ2v) is 8.31. The van der Waals surface area contributed by atoms with Crippen LogP contribution in [-0.2, 0) is 14.3 Å². The summed E-state index contributed by atoms with van der Waals surface area (Å²) in [7, 11) is 0. The van der Waals surface area contributed by atoms with Crippen molar-refractivity contribution in [3.8, 4) is 0 Å². The summed E-state index contributed by atoms with van der Waals surface area (Å²) in [6.45, 7) is 1.32. The average molecular weight is 419 g/mol. The standard InChI is InChI=1S/C22H42O7/c1-2-3-4-5-6-7-8-9-10-11-12-13-14-15-19(24)28-17-22(27)21(26)20(25)18(23)16-29-22/h18,20-21,23,25-27H,2-17H2,1H3/t18-,20-,21+,22+/m1/s1. The number of unbranched alkanes of at least 4 members (excludes halogenated alkanes) is 12.